The lowest BCUT2D eigenvalue weighted by molar-refractivity contribution is 0.275. The van der Waals surface area contributed by atoms with E-state index in [1.165, 1.54) is 18.2 Å². The number of aromatic nitrogens is 1. The topological polar surface area (TPSA) is 33.1 Å². The monoisotopic (exact) mass is 239 g/mol. The summed E-state index contributed by atoms with van der Waals surface area (Å²) < 4.78 is 39.4. The van der Waals surface area contributed by atoms with Crippen molar-refractivity contribution < 1.29 is 18.3 Å². The molecule has 88 valence electrons. The smallest absolute Gasteiger partial charge is 0.213 e. The minimum Gasteiger partial charge on any atom is -0.390 e. The van der Waals surface area contributed by atoms with Crippen molar-refractivity contribution in [1.29, 1.82) is 0 Å². The Morgan fingerprint density at radius 2 is 1.76 bits per heavy atom. The minimum absolute atomic E-state index is 0.0329. The quantitative estimate of drug-likeness (QED) is 0.817. The summed E-state index contributed by atoms with van der Waals surface area (Å²) in [5.74, 6) is -2.83. The third-order valence-corrected chi connectivity index (χ3v) is 2.33. The Bertz CT molecular complexity index is 557. The van der Waals surface area contributed by atoms with Crippen LogP contribution in [0.15, 0.2) is 30.3 Å². The Balaban J connectivity index is 2.64. The fourth-order valence-corrected chi connectivity index (χ4v) is 1.55. The molecule has 2 nitrogen and oxygen atoms in total. The van der Waals surface area contributed by atoms with E-state index in [1.807, 2.05) is 0 Å². The second-order valence-corrected chi connectivity index (χ2v) is 3.39. The van der Waals surface area contributed by atoms with Crippen molar-refractivity contribution in [3.8, 4) is 11.1 Å². The molecule has 1 aromatic carbocycles. The van der Waals surface area contributed by atoms with Crippen molar-refractivity contribution in [3.63, 3.8) is 0 Å². The summed E-state index contributed by atoms with van der Waals surface area (Å²) in [6.07, 6.45) is 0. The summed E-state index contributed by atoms with van der Waals surface area (Å²) in [6, 6.07) is 5.93. The average Bonchev–Trinajstić information content (AvgIpc) is 2.33. The SMILES string of the molecule is OCc1nc(F)ccc1-c1cccc(F)c1F. The van der Waals surface area contributed by atoms with Crippen LogP contribution >= 0.6 is 0 Å². The van der Waals surface area contributed by atoms with Crippen molar-refractivity contribution in [2.45, 2.75) is 6.61 Å². The number of aliphatic hydroxyl groups excluding tert-OH is 1. The van der Waals surface area contributed by atoms with Gasteiger partial charge in [0.25, 0.3) is 0 Å². The predicted molar refractivity (Wildman–Crippen MR) is 55.5 cm³/mol. The van der Waals surface area contributed by atoms with Crippen LogP contribution < -0.4 is 0 Å². The number of hydrogen-bond acceptors (Lipinski definition) is 2. The Morgan fingerprint density at radius 1 is 1.00 bits per heavy atom. The zero-order chi connectivity index (χ0) is 12.4. The molecule has 1 heterocycles. The molecule has 0 fully saturated rings. The third-order valence-electron chi connectivity index (χ3n) is 2.33. The van der Waals surface area contributed by atoms with E-state index in [0.29, 0.717) is 0 Å². The van der Waals surface area contributed by atoms with Crippen molar-refractivity contribution in [2.24, 2.45) is 0 Å². The van der Waals surface area contributed by atoms with Crippen LogP contribution in [0.2, 0.25) is 0 Å². The molecule has 5 heteroatoms. The summed E-state index contributed by atoms with van der Waals surface area (Å²) in [6.45, 7) is -0.553. The fraction of sp³-hybridized carbons (Fsp3) is 0.0833. The van der Waals surface area contributed by atoms with Gasteiger partial charge >= 0.3 is 0 Å². The van der Waals surface area contributed by atoms with Crippen LogP contribution in [0, 0.1) is 17.6 Å². The number of hydrogen-bond donors (Lipinski definition) is 1. The Kier molecular flexibility index (Phi) is 3.10. The molecule has 1 aromatic heterocycles. The summed E-state index contributed by atoms with van der Waals surface area (Å²) >= 11 is 0. The molecule has 1 N–H and O–H groups in total. The molecule has 0 unspecified atom stereocenters. The van der Waals surface area contributed by atoms with E-state index in [4.69, 9.17) is 5.11 Å². The van der Waals surface area contributed by atoms with Gasteiger partial charge in [-0.2, -0.15) is 4.39 Å². The van der Waals surface area contributed by atoms with E-state index >= 15 is 0 Å². The van der Waals surface area contributed by atoms with Crippen molar-refractivity contribution in [1.82, 2.24) is 4.98 Å². The van der Waals surface area contributed by atoms with Crippen LogP contribution in [0.5, 0.6) is 0 Å². The zero-order valence-corrected chi connectivity index (χ0v) is 8.62. The molecule has 0 spiro atoms. The van der Waals surface area contributed by atoms with Gasteiger partial charge in [-0.3, -0.25) is 0 Å². The number of halogens is 3. The molecular formula is C12H8F3NO. The van der Waals surface area contributed by atoms with Gasteiger partial charge in [0.15, 0.2) is 11.6 Å². The maximum atomic E-state index is 13.5. The summed E-state index contributed by atoms with van der Waals surface area (Å²) in [5, 5.41) is 9.02. The highest BCUT2D eigenvalue weighted by Crippen LogP contribution is 2.26. The molecule has 0 bridgehead atoms. The average molecular weight is 239 g/mol. The third kappa shape index (κ3) is 2.14. The highest BCUT2D eigenvalue weighted by molar-refractivity contribution is 5.66. The van der Waals surface area contributed by atoms with Gasteiger partial charge in [-0.05, 0) is 18.2 Å². The van der Waals surface area contributed by atoms with Crippen LogP contribution in [-0.2, 0) is 6.61 Å². The number of rotatable bonds is 2. The lowest BCUT2D eigenvalue weighted by atomic mass is 10.0. The first-order chi connectivity index (χ1) is 8.13. The number of pyridine rings is 1. The van der Waals surface area contributed by atoms with E-state index < -0.39 is 24.2 Å². The number of aliphatic hydroxyl groups is 1. The summed E-state index contributed by atoms with van der Waals surface area (Å²) in [4.78, 5) is 3.43. The van der Waals surface area contributed by atoms with Gasteiger partial charge in [0.2, 0.25) is 5.95 Å². The maximum Gasteiger partial charge on any atom is 0.213 e. The molecule has 0 aliphatic heterocycles. The van der Waals surface area contributed by atoms with Crippen LogP contribution in [0.1, 0.15) is 5.69 Å². The first-order valence-corrected chi connectivity index (χ1v) is 4.84. The van der Waals surface area contributed by atoms with Gasteiger partial charge in [0.1, 0.15) is 0 Å². The molecule has 0 saturated carbocycles. The maximum absolute atomic E-state index is 13.5. The second kappa shape index (κ2) is 4.55. The van der Waals surface area contributed by atoms with Crippen molar-refractivity contribution in [3.05, 3.63) is 53.6 Å². The minimum atomic E-state index is -1.05. The highest BCUT2D eigenvalue weighted by atomic mass is 19.2. The Hall–Kier alpha value is -1.88. The van der Waals surface area contributed by atoms with E-state index in [0.717, 1.165) is 12.1 Å². The highest BCUT2D eigenvalue weighted by Gasteiger charge is 2.14. The largest absolute Gasteiger partial charge is 0.390 e. The number of benzene rings is 1. The lowest BCUT2D eigenvalue weighted by Crippen LogP contribution is -1.99. The standard InChI is InChI=1S/C12H8F3NO/c13-9-3-1-2-8(12(9)15)7-4-5-11(14)16-10(7)6-17/h1-5,17H,6H2. The fourth-order valence-electron chi connectivity index (χ4n) is 1.55. The molecule has 0 saturated heterocycles. The van der Waals surface area contributed by atoms with E-state index in [-0.39, 0.29) is 16.8 Å². The van der Waals surface area contributed by atoms with E-state index in [2.05, 4.69) is 4.98 Å². The summed E-state index contributed by atoms with van der Waals surface area (Å²) in [5.41, 5.74) is 0.0851. The van der Waals surface area contributed by atoms with Crippen molar-refractivity contribution in [2.75, 3.05) is 0 Å². The van der Waals surface area contributed by atoms with Crippen molar-refractivity contribution >= 4 is 0 Å². The molecule has 0 amide bonds. The van der Waals surface area contributed by atoms with Crippen LogP contribution in [0.25, 0.3) is 11.1 Å². The van der Waals surface area contributed by atoms with Crippen LogP contribution in [0.4, 0.5) is 13.2 Å². The molecule has 17 heavy (non-hydrogen) atoms. The molecule has 2 rings (SSSR count). The van der Waals surface area contributed by atoms with Crippen LogP contribution in [0.3, 0.4) is 0 Å². The lowest BCUT2D eigenvalue weighted by Gasteiger charge is -2.08. The molecule has 0 aliphatic carbocycles. The van der Waals surface area contributed by atoms with Gasteiger partial charge in [-0.15, -0.1) is 0 Å². The Labute approximate surface area is 95.4 Å². The normalized spacial score (nSPS) is 10.6. The molecular weight excluding hydrogens is 231 g/mol. The first kappa shape index (κ1) is 11.6. The molecule has 2 aromatic rings. The number of nitrogens with zero attached hydrogens (tertiary/aromatic N) is 1. The zero-order valence-electron chi connectivity index (χ0n) is 8.62. The molecule has 0 radical (unpaired) electrons. The van der Waals surface area contributed by atoms with Gasteiger partial charge < -0.3 is 5.11 Å². The predicted octanol–water partition coefficient (Wildman–Crippen LogP) is 2.66. The first-order valence-electron chi connectivity index (χ1n) is 4.84. The van der Waals surface area contributed by atoms with E-state index in [1.54, 1.807) is 0 Å². The Morgan fingerprint density at radius 3 is 2.47 bits per heavy atom. The van der Waals surface area contributed by atoms with E-state index in [9.17, 15) is 13.2 Å². The second-order valence-electron chi connectivity index (χ2n) is 3.39. The van der Waals surface area contributed by atoms with Gasteiger partial charge in [0.05, 0.1) is 12.3 Å². The van der Waals surface area contributed by atoms with Crippen LogP contribution in [-0.4, -0.2) is 10.1 Å². The molecule has 0 atom stereocenters. The summed E-state index contributed by atoms with van der Waals surface area (Å²) in [7, 11) is 0. The van der Waals surface area contributed by atoms with Gasteiger partial charge in [-0.1, -0.05) is 12.1 Å². The van der Waals surface area contributed by atoms with Gasteiger partial charge in [0, 0.05) is 11.1 Å². The van der Waals surface area contributed by atoms with Gasteiger partial charge in [-0.25, -0.2) is 13.8 Å². The molecule has 0 aliphatic rings.